The minimum Gasteiger partial charge on any atom is -0.368 e. The van der Waals surface area contributed by atoms with Crippen molar-refractivity contribution in [1.29, 1.82) is 0 Å². The van der Waals surface area contributed by atoms with Crippen molar-refractivity contribution < 1.29 is 0 Å². The number of hydrogen-bond acceptors (Lipinski definition) is 4. The summed E-state index contributed by atoms with van der Waals surface area (Å²) < 4.78 is 0. The molecule has 1 aromatic heterocycles. The lowest BCUT2D eigenvalue weighted by atomic mass is 10.1. The highest BCUT2D eigenvalue weighted by Gasteiger charge is 2.19. The molecule has 1 saturated heterocycles. The molecule has 1 aliphatic rings. The lowest BCUT2D eigenvalue weighted by Gasteiger charge is -2.36. The summed E-state index contributed by atoms with van der Waals surface area (Å²) in [7, 11) is 0. The Balaban J connectivity index is 1.71. The first-order valence-corrected chi connectivity index (χ1v) is 8.10. The van der Waals surface area contributed by atoms with Crippen LogP contribution in [0, 0.1) is 0 Å². The Labute approximate surface area is 136 Å². The van der Waals surface area contributed by atoms with E-state index in [1.165, 1.54) is 5.69 Å². The van der Waals surface area contributed by atoms with Gasteiger partial charge >= 0.3 is 0 Å². The third kappa shape index (κ3) is 3.33. The molecule has 1 fully saturated rings. The zero-order chi connectivity index (χ0) is 15.5. The van der Waals surface area contributed by atoms with Crippen LogP contribution < -0.4 is 9.80 Å². The van der Waals surface area contributed by atoms with Crippen LogP contribution in [-0.4, -0.2) is 36.1 Å². The van der Waals surface area contributed by atoms with Gasteiger partial charge in [0.05, 0.1) is 5.69 Å². The van der Waals surface area contributed by atoms with Gasteiger partial charge in [-0.25, -0.2) is 9.97 Å². The average molecular weight is 317 g/mol. The van der Waals surface area contributed by atoms with Gasteiger partial charge < -0.3 is 9.80 Å². The summed E-state index contributed by atoms with van der Waals surface area (Å²) >= 11 is 6.08. The third-order valence-electron chi connectivity index (χ3n) is 4.02. The molecule has 0 radical (unpaired) electrons. The largest absolute Gasteiger partial charge is 0.368 e. The third-order valence-corrected chi connectivity index (χ3v) is 4.19. The van der Waals surface area contributed by atoms with Crippen molar-refractivity contribution in [3.05, 3.63) is 47.4 Å². The summed E-state index contributed by atoms with van der Waals surface area (Å²) in [5.74, 6) is 1.29. The molecule has 5 heteroatoms. The quantitative estimate of drug-likeness (QED) is 0.810. The first kappa shape index (κ1) is 15.1. The lowest BCUT2D eigenvalue weighted by Crippen LogP contribution is -2.46. The van der Waals surface area contributed by atoms with Crippen molar-refractivity contribution in [2.75, 3.05) is 36.0 Å². The molecule has 2 heterocycles. The SMILES string of the molecule is CC(C)c1cc(N2CCN(c3ccccc3)CC2)nc(Cl)n1. The second-order valence-electron chi connectivity index (χ2n) is 5.88. The molecule has 1 aromatic carbocycles. The fourth-order valence-corrected chi connectivity index (χ4v) is 2.90. The van der Waals surface area contributed by atoms with Crippen LogP contribution in [0.25, 0.3) is 0 Å². The molecule has 0 aliphatic carbocycles. The van der Waals surface area contributed by atoms with Crippen LogP contribution >= 0.6 is 11.6 Å². The highest BCUT2D eigenvalue weighted by atomic mass is 35.5. The maximum absolute atomic E-state index is 6.08. The first-order valence-electron chi connectivity index (χ1n) is 7.73. The number of piperazine rings is 1. The fourth-order valence-electron chi connectivity index (χ4n) is 2.71. The van der Waals surface area contributed by atoms with E-state index in [0.29, 0.717) is 11.2 Å². The molecule has 116 valence electrons. The fraction of sp³-hybridized carbons (Fsp3) is 0.412. The van der Waals surface area contributed by atoms with Crippen molar-refractivity contribution >= 4 is 23.1 Å². The van der Waals surface area contributed by atoms with E-state index in [2.05, 4.69) is 70.0 Å². The molecule has 4 nitrogen and oxygen atoms in total. The minimum atomic E-state index is 0.340. The van der Waals surface area contributed by atoms with Gasteiger partial charge in [-0.15, -0.1) is 0 Å². The van der Waals surface area contributed by atoms with E-state index < -0.39 is 0 Å². The van der Waals surface area contributed by atoms with Gasteiger partial charge in [-0.2, -0.15) is 0 Å². The van der Waals surface area contributed by atoms with Gasteiger partial charge in [0.1, 0.15) is 5.82 Å². The first-order chi connectivity index (χ1) is 10.6. The summed E-state index contributed by atoms with van der Waals surface area (Å²) in [5, 5.41) is 0.340. The summed E-state index contributed by atoms with van der Waals surface area (Å²) in [5.41, 5.74) is 2.28. The van der Waals surface area contributed by atoms with Crippen LogP contribution in [0.3, 0.4) is 0 Å². The van der Waals surface area contributed by atoms with Gasteiger partial charge in [0.15, 0.2) is 0 Å². The monoisotopic (exact) mass is 316 g/mol. The standard InChI is InChI=1S/C17H21ClN4/c1-13(2)15-12-16(20-17(18)19-15)22-10-8-21(9-11-22)14-6-4-3-5-7-14/h3-7,12-13H,8-11H2,1-2H3. The number of hydrogen-bond donors (Lipinski definition) is 0. The topological polar surface area (TPSA) is 32.3 Å². The molecule has 0 amide bonds. The maximum Gasteiger partial charge on any atom is 0.224 e. The lowest BCUT2D eigenvalue weighted by molar-refractivity contribution is 0.645. The van der Waals surface area contributed by atoms with Gasteiger partial charge in [-0.3, -0.25) is 0 Å². The summed E-state index contributed by atoms with van der Waals surface area (Å²) in [6.07, 6.45) is 0. The second-order valence-corrected chi connectivity index (χ2v) is 6.22. The predicted molar refractivity (Wildman–Crippen MR) is 92.0 cm³/mol. The van der Waals surface area contributed by atoms with Gasteiger partial charge in [0.2, 0.25) is 5.28 Å². The zero-order valence-corrected chi connectivity index (χ0v) is 13.8. The van der Waals surface area contributed by atoms with E-state index in [-0.39, 0.29) is 0 Å². The number of rotatable bonds is 3. The molecule has 3 rings (SSSR count). The van der Waals surface area contributed by atoms with Crippen LogP contribution in [0.5, 0.6) is 0 Å². The van der Waals surface area contributed by atoms with Gasteiger partial charge in [-0.1, -0.05) is 32.0 Å². The summed E-state index contributed by atoms with van der Waals surface area (Å²) in [4.78, 5) is 13.4. The minimum absolute atomic E-state index is 0.340. The van der Waals surface area contributed by atoms with Crippen molar-refractivity contribution in [3.63, 3.8) is 0 Å². The van der Waals surface area contributed by atoms with E-state index in [1.54, 1.807) is 0 Å². The van der Waals surface area contributed by atoms with E-state index in [1.807, 2.05) is 0 Å². The molecule has 0 atom stereocenters. The van der Waals surface area contributed by atoms with E-state index in [9.17, 15) is 0 Å². The Morgan fingerprint density at radius 3 is 2.23 bits per heavy atom. The number of halogens is 1. The molecule has 0 unspecified atom stereocenters. The summed E-state index contributed by atoms with van der Waals surface area (Å²) in [6, 6.07) is 12.6. The Hall–Kier alpha value is -1.81. The highest BCUT2D eigenvalue weighted by molar-refractivity contribution is 6.28. The molecule has 1 aliphatic heterocycles. The number of nitrogens with zero attached hydrogens (tertiary/aromatic N) is 4. The van der Waals surface area contributed by atoms with Gasteiger partial charge in [0.25, 0.3) is 0 Å². The molecule has 0 bridgehead atoms. The van der Waals surface area contributed by atoms with Gasteiger partial charge in [0, 0.05) is 37.9 Å². The van der Waals surface area contributed by atoms with E-state index in [4.69, 9.17) is 11.6 Å². The molecule has 22 heavy (non-hydrogen) atoms. The normalized spacial score (nSPS) is 15.5. The van der Waals surface area contributed by atoms with Crippen molar-refractivity contribution in [2.45, 2.75) is 19.8 Å². The maximum atomic E-state index is 6.08. The van der Waals surface area contributed by atoms with Crippen LogP contribution in [0.4, 0.5) is 11.5 Å². The molecule has 0 saturated carbocycles. The Morgan fingerprint density at radius 2 is 1.59 bits per heavy atom. The van der Waals surface area contributed by atoms with E-state index in [0.717, 1.165) is 37.7 Å². The van der Waals surface area contributed by atoms with E-state index >= 15 is 0 Å². The predicted octanol–water partition coefficient (Wildman–Crippen LogP) is 3.58. The number of aromatic nitrogens is 2. The molecule has 0 N–H and O–H groups in total. The Bertz CT molecular complexity index is 622. The molecule has 2 aromatic rings. The second kappa shape index (κ2) is 6.53. The summed E-state index contributed by atoms with van der Waals surface area (Å²) in [6.45, 7) is 8.11. The average Bonchev–Trinajstić information content (AvgIpc) is 2.55. The smallest absolute Gasteiger partial charge is 0.224 e. The zero-order valence-electron chi connectivity index (χ0n) is 13.0. The van der Waals surface area contributed by atoms with Crippen molar-refractivity contribution in [2.24, 2.45) is 0 Å². The molecule has 0 spiro atoms. The Kier molecular flexibility index (Phi) is 4.48. The van der Waals surface area contributed by atoms with Crippen LogP contribution in [0.2, 0.25) is 5.28 Å². The van der Waals surface area contributed by atoms with Crippen molar-refractivity contribution in [3.8, 4) is 0 Å². The highest BCUT2D eigenvalue weighted by Crippen LogP contribution is 2.23. The van der Waals surface area contributed by atoms with Crippen molar-refractivity contribution in [1.82, 2.24) is 9.97 Å². The number of para-hydroxylation sites is 1. The van der Waals surface area contributed by atoms with Crippen LogP contribution in [-0.2, 0) is 0 Å². The van der Waals surface area contributed by atoms with Gasteiger partial charge in [-0.05, 0) is 29.7 Å². The van der Waals surface area contributed by atoms with Crippen LogP contribution in [0.1, 0.15) is 25.5 Å². The van der Waals surface area contributed by atoms with Crippen LogP contribution in [0.15, 0.2) is 36.4 Å². The number of benzene rings is 1. The molecular formula is C17H21ClN4. The molecular weight excluding hydrogens is 296 g/mol. The Morgan fingerprint density at radius 1 is 0.955 bits per heavy atom. The number of anilines is 2.